The van der Waals surface area contributed by atoms with Crippen LogP contribution in [0.2, 0.25) is 20.1 Å². The van der Waals surface area contributed by atoms with E-state index in [0.717, 1.165) is 0 Å². The molecule has 0 fully saturated rings. The number of Topliss-reactive ketones (excluding diaryl/α,β-unsaturated/α-hetero) is 8. The average molecular weight is 1660 g/mol. The molecule has 8 aromatic rings. The molecular weight excluding hydrogens is 1570 g/mol. The lowest BCUT2D eigenvalue weighted by atomic mass is 9.84. The van der Waals surface area contributed by atoms with Gasteiger partial charge in [-0.3, -0.25) is 57.5 Å². The van der Waals surface area contributed by atoms with Crippen LogP contribution in [0.3, 0.4) is 0 Å². The number of rotatable bonds is 24. The van der Waals surface area contributed by atoms with Crippen LogP contribution in [-0.2, 0) is 76.5 Å². The summed E-state index contributed by atoms with van der Waals surface area (Å²) < 4.78 is 19.2. The molecule has 0 unspecified atom stereocenters. The Bertz CT molecular complexity index is 4530. The van der Waals surface area contributed by atoms with Crippen LogP contribution in [0.4, 0.5) is 22.7 Å². The van der Waals surface area contributed by atoms with Crippen LogP contribution < -0.4 is 19.6 Å². The predicted octanol–water partition coefficient (Wildman–Crippen LogP) is 14.3. The minimum Gasteiger partial charge on any atom is -0.460 e. The number of fused-ring (bicyclic) bond motifs is 4. The molecule has 8 atom stereocenters. The van der Waals surface area contributed by atoms with E-state index in [2.05, 4.69) is 0 Å². The van der Waals surface area contributed by atoms with Crippen molar-refractivity contribution in [3.8, 4) is 0 Å². The van der Waals surface area contributed by atoms with Crippen LogP contribution in [0.5, 0.6) is 0 Å². The highest BCUT2D eigenvalue weighted by atomic mass is 35.5. The molecule has 0 bridgehead atoms. The molecule has 116 heavy (non-hydrogen) atoms. The summed E-state index contributed by atoms with van der Waals surface area (Å²) >= 11 is 24.3. The molecule has 0 aliphatic carbocycles. The van der Waals surface area contributed by atoms with Crippen LogP contribution in [0.25, 0.3) is 0 Å². The fourth-order valence-electron chi connectivity index (χ4n) is 14.7. The highest BCUT2D eigenvalue weighted by Crippen LogP contribution is 2.47. The molecule has 0 aromatic heterocycles. The van der Waals surface area contributed by atoms with E-state index >= 15 is 0 Å². The normalized spacial score (nSPS) is 16.3. The van der Waals surface area contributed by atoms with Gasteiger partial charge in [0.25, 0.3) is 0 Å². The molecule has 24 nitrogen and oxygen atoms in total. The van der Waals surface area contributed by atoms with Crippen molar-refractivity contribution in [2.45, 2.75) is 129 Å². The fourth-order valence-corrected chi connectivity index (χ4v) is 15.4. The molecule has 4 aliphatic heterocycles. The first kappa shape index (κ1) is 88.0. The van der Waals surface area contributed by atoms with Gasteiger partial charge in [-0.25, -0.2) is 19.2 Å². The molecule has 8 aromatic carbocycles. The number of ketones is 8. The van der Waals surface area contributed by atoms with E-state index in [4.69, 9.17) is 65.4 Å². The van der Waals surface area contributed by atoms with Crippen molar-refractivity contribution in [2.75, 3.05) is 46.0 Å². The van der Waals surface area contributed by atoms with Gasteiger partial charge in [0.05, 0.1) is 49.2 Å². The van der Waals surface area contributed by atoms with Crippen molar-refractivity contribution >= 4 is 163 Å². The Kier molecular flexibility index (Phi) is 30.2. The van der Waals surface area contributed by atoms with E-state index in [0.29, 0.717) is 87.3 Å². The first-order valence-electron chi connectivity index (χ1n) is 36.9. The maximum Gasteiger partial charge on any atom is 0.374 e. The standard InChI is InChI=1S/4C22H20ClNO5/c4*1-3-29-22(28)19(26)12-17(14-7-5-4-6-8-14)20-21(27)16-10-9-15(23)11-18(16)24(20)13(2)25/h4*4-11,17,20H,3,12H2,1-2H3/t4*17-,20+/m1111/s1. The third-order valence-electron chi connectivity index (χ3n) is 19.6. The topological polar surface area (TPSA) is 323 Å². The number of carbonyl (C=O) groups is 16. The number of hydrogen-bond donors (Lipinski definition) is 0. The highest BCUT2D eigenvalue weighted by Gasteiger charge is 2.50. The smallest absolute Gasteiger partial charge is 0.374 e. The molecule has 28 heteroatoms. The zero-order valence-corrected chi connectivity index (χ0v) is 67.2. The zero-order valence-electron chi connectivity index (χ0n) is 64.2. The molecule has 0 radical (unpaired) electrons. The monoisotopic (exact) mass is 1650 g/mol. The van der Waals surface area contributed by atoms with Gasteiger partial charge in [0, 0.05) is 119 Å². The molecule has 12 rings (SSSR count). The second-order valence-electron chi connectivity index (χ2n) is 26.9. The number of ether oxygens (including phenoxy) is 4. The Morgan fingerprint density at radius 3 is 0.612 bits per heavy atom. The quantitative estimate of drug-likeness (QED) is 0.0308. The van der Waals surface area contributed by atoms with Crippen molar-refractivity contribution in [3.63, 3.8) is 0 Å². The Morgan fingerprint density at radius 2 is 0.457 bits per heavy atom. The summed E-state index contributed by atoms with van der Waals surface area (Å²) in [6.45, 7) is 12.2. The number of hydrogen-bond acceptors (Lipinski definition) is 20. The summed E-state index contributed by atoms with van der Waals surface area (Å²) in [7, 11) is 0. The SMILES string of the molecule is CCOC(=O)C(=O)C[C@H](c1ccccc1)[C@H]1C(=O)c2ccc(Cl)cc2N1C(C)=O.CCOC(=O)C(=O)C[C@H](c1ccccc1)[C@H]1C(=O)c2ccc(Cl)cc2N1C(C)=O.CCOC(=O)C(=O)C[C@H](c1ccccc1)[C@H]1C(=O)c2ccc(Cl)cc2N1C(C)=O.CCOC(=O)C(=O)C[C@H](c1ccccc1)[C@H]1C(=O)c2ccc(Cl)cc2N1C(C)=O. The van der Waals surface area contributed by atoms with Crippen LogP contribution in [0.1, 0.15) is 168 Å². The first-order valence-corrected chi connectivity index (χ1v) is 38.4. The molecular formula is C88H80Cl4N4O20. The Balaban J connectivity index is 0.000000177. The molecule has 4 aliphatic rings. The summed E-state index contributed by atoms with van der Waals surface area (Å²) in [6.07, 6.45) is -1.04. The van der Waals surface area contributed by atoms with E-state index in [9.17, 15) is 76.7 Å². The third-order valence-corrected chi connectivity index (χ3v) is 20.5. The summed E-state index contributed by atoms with van der Waals surface area (Å²) in [6, 6.07) is 50.6. The maximum atomic E-state index is 13.3. The predicted molar refractivity (Wildman–Crippen MR) is 433 cm³/mol. The van der Waals surface area contributed by atoms with Gasteiger partial charge in [0.2, 0.25) is 46.8 Å². The largest absolute Gasteiger partial charge is 0.460 e. The molecule has 600 valence electrons. The number of halogens is 4. The maximum absolute atomic E-state index is 13.3. The van der Waals surface area contributed by atoms with Gasteiger partial charge in [0.15, 0.2) is 23.1 Å². The summed E-state index contributed by atoms with van der Waals surface area (Å²) in [5.74, 6) is -12.2. The number of amides is 4. The van der Waals surface area contributed by atoms with Gasteiger partial charge in [-0.1, -0.05) is 168 Å². The molecule has 0 N–H and O–H groups in total. The third kappa shape index (κ3) is 20.0. The van der Waals surface area contributed by atoms with Crippen molar-refractivity contribution in [1.82, 2.24) is 0 Å². The van der Waals surface area contributed by atoms with Crippen molar-refractivity contribution in [1.29, 1.82) is 0 Å². The zero-order chi connectivity index (χ0) is 84.5. The van der Waals surface area contributed by atoms with Gasteiger partial charge < -0.3 is 38.5 Å². The lowest BCUT2D eigenvalue weighted by molar-refractivity contribution is -0.153. The number of anilines is 4. The highest BCUT2D eigenvalue weighted by molar-refractivity contribution is 6.37. The van der Waals surface area contributed by atoms with Gasteiger partial charge in [-0.05, 0) is 123 Å². The van der Waals surface area contributed by atoms with E-state index < -0.39 is 94.8 Å². The minimum absolute atomic E-state index is 0.0758. The van der Waals surface area contributed by atoms with Gasteiger partial charge in [0.1, 0.15) is 24.2 Å². The number of esters is 4. The summed E-state index contributed by atoms with van der Waals surface area (Å²) in [5, 5.41) is 1.56. The van der Waals surface area contributed by atoms with E-state index in [1.54, 1.807) is 198 Å². The number of benzene rings is 8. The van der Waals surface area contributed by atoms with Gasteiger partial charge in [-0.2, -0.15) is 0 Å². The van der Waals surface area contributed by atoms with Crippen molar-refractivity contribution < 1.29 is 95.7 Å². The first-order chi connectivity index (χ1) is 55.4. The Hall–Kier alpha value is -12.0. The summed E-state index contributed by atoms with van der Waals surface area (Å²) in [5.41, 5.74) is 5.77. The molecule has 0 saturated heterocycles. The van der Waals surface area contributed by atoms with Gasteiger partial charge in [-0.15, -0.1) is 0 Å². The summed E-state index contributed by atoms with van der Waals surface area (Å²) in [4.78, 5) is 206. The van der Waals surface area contributed by atoms with Crippen LogP contribution in [-0.4, -0.2) is 144 Å². The fraction of sp³-hybridized carbons (Fsp3) is 0.273. The Labute approximate surface area is 688 Å². The van der Waals surface area contributed by atoms with Crippen LogP contribution in [0, 0.1) is 0 Å². The molecule has 4 amide bonds. The lowest BCUT2D eigenvalue weighted by Crippen LogP contribution is -2.44. The minimum atomic E-state index is -0.957. The number of carbonyl (C=O) groups excluding carboxylic acids is 16. The van der Waals surface area contributed by atoms with Crippen molar-refractivity contribution in [3.05, 3.63) is 259 Å². The average Bonchev–Trinajstić information content (AvgIpc) is 1.62. The molecule has 0 saturated carbocycles. The van der Waals surface area contributed by atoms with Crippen LogP contribution >= 0.6 is 46.4 Å². The second kappa shape index (κ2) is 39.9. The van der Waals surface area contributed by atoms with Gasteiger partial charge >= 0.3 is 23.9 Å². The Morgan fingerprint density at radius 1 is 0.284 bits per heavy atom. The van der Waals surface area contributed by atoms with E-state index in [1.807, 2.05) is 24.3 Å². The van der Waals surface area contributed by atoms with Crippen LogP contribution in [0.15, 0.2) is 194 Å². The molecule has 0 spiro atoms. The second-order valence-corrected chi connectivity index (χ2v) is 28.6. The molecule has 4 heterocycles. The van der Waals surface area contributed by atoms with E-state index in [1.165, 1.54) is 47.3 Å². The lowest BCUT2D eigenvalue weighted by Gasteiger charge is -2.30. The van der Waals surface area contributed by atoms with E-state index in [-0.39, 0.29) is 98.9 Å². The van der Waals surface area contributed by atoms with Crippen molar-refractivity contribution in [2.24, 2.45) is 0 Å². The number of nitrogens with zero attached hydrogens (tertiary/aromatic N) is 4.